The molecule has 0 aromatic carbocycles. The molecule has 0 spiro atoms. The molecule has 0 fully saturated rings. The van der Waals surface area contributed by atoms with Gasteiger partial charge < -0.3 is 5.32 Å². The minimum atomic E-state index is 0.221. The Kier molecular flexibility index (Phi) is 4.42. The Labute approximate surface area is 95.5 Å². The maximum atomic E-state index is 6.00. The first-order valence-corrected chi connectivity index (χ1v) is 6.22. The summed E-state index contributed by atoms with van der Waals surface area (Å²) in [5, 5.41) is 6.44. The smallest absolute Gasteiger partial charge is 0.0544 e. The van der Waals surface area contributed by atoms with Crippen LogP contribution < -0.4 is 5.32 Å². The van der Waals surface area contributed by atoms with Crippen LogP contribution in [0.25, 0.3) is 0 Å². The summed E-state index contributed by atoms with van der Waals surface area (Å²) in [5.41, 5.74) is 0.221. The second-order valence-corrected chi connectivity index (χ2v) is 5.88. The lowest BCUT2D eigenvalue weighted by Gasteiger charge is -2.20. The van der Waals surface area contributed by atoms with Crippen molar-refractivity contribution in [3.63, 3.8) is 0 Å². The number of halogens is 1. The molecule has 14 heavy (non-hydrogen) atoms. The van der Waals surface area contributed by atoms with Gasteiger partial charge in [0, 0.05) is 10.4 Å². The summed E-state index contributed by atoms with van der Waals surface area (Å²) < 4.78 is 0. The highest BCUT2D eigenvalue weighted by molar-refractivity contribution is 7.10. The Morgan fingerprint density at radius 2 is 2.14 bits per heavy atom. The molecule has 3 heteroatoms. The molecule has 0 saturated carbocycles. The first kappa shape index (κ1) is 12.0. The topological polar surface area (TPSA) is 12.0 Å². The van der Waals surface area contributed by atoms with Gasteiger partial charge in [0.25, 0.3) is 0 Å². The van der Waals surface area contributed by atoms with E-state index in [-0.39, 0.29) is 5.54 Å². The van der Waals surface area contributed by atoms with Gasteiger partial charge in [0.2, 0.25) is 0 Å². The Hall–Kier alpha value is -0.0500. The van der Waals surface area contributed by atoms with Gasteiger partial charge in [-0.15, -0.1) is 11.3 Å². The molecule has 0 radical (unpaired) electrons. The molecule has 0 bridgehead atoms. The van der Waals surface area contributed by atoms with Crippen LogP contribution in [0, 0.1) is 0 Å². The number of nitrogens with one attached hydrogen (secondary N) is 1. The molecule has 1 rings (SSSR count). The number of rotatable bonds is 4. The molecule has 1 aromatic rings. The Morgan fingerprint density at radius 3 is 2.64 bits per heavy atom. The summed E-state index contributed by atoms with van der Waals surface area (Å²) in [6.07, 6.45) is 2.23. The Bertz CT molecular complexity index is 275. The van der Waals surface area contributed by atoms with Gasteiger partial charge in [-0.3, -0.25) is 0 Å². The zero-order valence-corrected chi connectivity index (χ0v) is 10.6. The van der Waals surface area contributed by atoms with Gasteiger partial charge in [0.1, 0.15) is 0 Å². The van der Waals surface area contributed by atoms with Gasteiger partial charge in [0.05, 0.1) is 5.02 Å². The van der Waals surface area contributed by atoms with Crippen LogP contribution >= 0.6 is 22.9 Å². The van der Waals surface area contributed by atoms with Crippen LogP contribution in [0.4, 0.5) is 0 Å². The van der Waals surface area contributed by atoms with Gasteiger partial charge in [0.15, 0.2) is 0 Å². The fourth-order valence-corrected chi connectivity index (χ4v) is 2.39. The van der Waals surface area contributed by atoms with Crippen LogP contribution in [0.3, 0.4) is 0 Å². The monoisotopic (exact) mass is 231 g/mol. The SMILES string of the molecule is CC(C)(C)NCCCc1sccc1Cl. The molecule has 0 amide bonds. The normalized spacial score (nSPS) is 12.0. The third kappa shape index (κ3) is 4.45. The van der Waals surface area contributed by atoms with Crippen molar-refractivity contribution in [2.45, 2.75) is 39.2 Å². The van der Waals surface area contributed by atoms with Crippen molar-refractivity contribution >= 4 is 22.9 Å². The van der Waals surface area contributed by atoms with Crippen molar-refractivity contribution in [2.24, 2.45) is 0 Å². The fourth-order valence-electron chi connectivity index (χ4n) is 1.22. The third-order valence-electron chi connectivity index (χ3n) is 1.93. The maximum Gasteiger partial charge on any atom is 0.0544 e. The Morgan fingerprint density at radius 1 is 1.43 bits per heavy atom. The molecule has 0 atom stereocenters. The first-order chi connectivity index (χ1) is 6.49. The third-order valence-corrected chi connectivity index (χ3v) is 3.37. The molecular formula is C11H18ClNS. The molecule has 0 aliphatic carbocycles. The zero-order chi connectivity index (χ0) is 10.6. The molecule has 0 saturated heterocycles. The first-order valence-electron chi connectivity index (χ1n) is 4.96. The fraction of sp³-hybridized carbons (Fsp3) is 0.636. The highest BCUT2D eigenvalue weighted by Crippen LogP contribution is 2.23. The van der Waals surface area contributed by atoms with E-state index in [1.165, 1.54) is 4.88 Å². The maximum absolute atomic E-state index is 6.00. The number of hydrogen-bond acceptors (Lipinski definition) is 2. The summed E-state index contributed by atoms with van der Waals surface area (Å²) in [6, 6.07) is 1.97. The summed E-state index contributed by atoms with van der Waals surface area (Å²) >= 11 is 7.75. The van der Waals surface area contributed by atoms with E-state index >= 15 is 0 Å². The molecule has 0 unspecified atom stereocenters. The molecule has 80 valence electrons. The van der Waals surface area contributed by atoms with Crippen molar-refractivity contribution in [2.75, 3.05) is 6.54 Å². The van der Waals surface area contributed by atoms with Crippen LogP contribution in [0.15, 0.2) is 11.4 Å². The van der Waals surface area contributed by atoms with Crippen molar-refractivity contribution in [3.05, 3.63) is 21.3 Å². The van der Waals surface area contributed by atoms with Crippen molar-refractivity contribution in [1.29, 1.82) is 0 Å². The predicted octanol–water partition coefficient (Wildman–Crippen LogP) is 3.72. The number of aryl methyl sites for hydroxylation is 1. The van der Waals surface area contributed by atoms with Crippen molar-refractivity contribution < 1.29 is 0 Å². The summed E-state index contributed by atoms with van der Waals surface area (Å²) in [7, 11) is 0. The van der Waals surface area contributed by atoms with Crippen molar-refractivity contribution in [1.82, 2.24) is 5.32 Å². The summed E-state index contributed by atoms with van der Waals surface area (Å²) in [4.78, 5) is 1.31. The van der Waals surface area contributed by atoms with Crippen LogP contribution in [-0.2, 0) is 6.42 Å². The van der Waals surface area contributed by atoms with Crippen molar-refractivity contribution in [3.8, 4) is 0 Å². The lowest BCUT2D eigenvalue weighted by atomic mass is 10.1. The molecule has 1 heterocycles. The van der Waals surface area contributed by atoms with E-state index in [4.69, 9.17) is 11.6 Å². The minimum Gasteiger partial charge on any atom is -0.312 e. The van der Waals surface area contributed by atoms with Gasteiger partial charge in [-0.2, -0.15) is 0 Å². The van der Waals surface area contributed by atoms with E-state index in [9.17, 15) is 0 Å². The summed E-state index contributed by atoms with van der Waals surface area (Å²) in [6.45, 7) is 7.61. The molecule has 1 aromatic heterocycles. The van der Waals surface area contributed by atoms with Gasteiger partial charge in [-0.1, -0.05) is 11.6 Å². The average molecular weight is 232 g/mol. The summed E-state index contributed by atoms with van der Waals surface area (Å²) in [5.74, 6) is 0. The van der Waals surface area contributed by atoms with E-state index < -0.39 is 0 Å². The minimum absolute atomic E-state index is 0.221. The van der Waals surface area contributed by atoms with Gasteiger partial charge in [-0.25, -0.2) is 0 Å². The van der Waals surface area contributed by atoms with E-state index in [2.05, 4.69) is 31.5 Å². The quantitative estimate of drug-likeness (QED) is 0.779. The van der Waals surface area contributed by atoms with Crippen LogP contribution in [-0.4, -0.2) is 12.1 Å². The van der Waals surface area contributed by atoms with E-state index in [0.29, 0.717) is 0 Å². The molecule has 1 N–H and O–H groups in total. The largest absolute Gasteiger partial charge is 0.312 e. The standard InChI is InChI=1S/C11H18ClNS/c1-11(2,3)13-7-4-5-10-9(12)6-8-14-10/h6,8,13H,4-5,7H2,1-3H3. The Balaban J connectivity index is 2.20. The predicted molar refractivity (Wildman–Crippen MR) is 65.4 cm³/mol. The number of hydrogen-bond donors (Lipinski definition) is 1. The van der Waals surface area contributed by atoms with E-state index in [1.807, 2.05) is 6.07 Å². The average Bonchev–Trinajstić information content (AvgIpc) is 2.44. The van der Waals surface area contributed by atoms with Crippen LogP contribution in [0.1, 0.15) is 32.1 Å². The van der Waals surface area contributed by atoms with E-state index in [1.54, 1.807) is 11.3 Å². The van der Waals surface area contributed by atoms with Crippen LogP contribution in [0.2, 0.25) is 5.02 Å². The van der Waals surface area contributed by atoms with E-state index in [0.717, 1.165) is 24.4 Å². The van der Waals surface area contributed by atoms with Gasteiger partial charge in [-0.05, 0) is 51.6 Å². The lowest BCUT2D eigenvalue weighted by Crippen LogP contribution is -2.36. The lowest BCUT2D eigenvalue weighted by molar-refractivity contribution is 0.422. The molecule has 0 aliphatic heterocycles. The highest BCUT2D eigenvalue weighted by Gasteiger charge is 2.08. The number of thiophene rings is 1. The van der Waals surface area contributed by atoms with Gasteiger partial charge >= 0.3 is 0 Å². The molecule has 1 nitrogen and oxygen atoms in total. The second-order valence-electron chi connectivity index (χ2n) is 4.47. The molecule has 0 aliphatic rings. The van der Waals surface area contributed by atoms with Crippen LogP contribution in [0.5, 0.6) is 0 Å². The zero-order valence-electron chi connectivity index (χ0n) is 9.06. The highest BCUT2D eigenvalue weighted by atomic mass is 35.5. The molecular weight excluding hydrogens is 214 g/mol. The second kappa shape index (κ2) is 5.15.